The second-order valence-corrected chi connectivity index (χ2v) is 4.87. The van der Waals surface area contributed by atoms with Crippen molar-refractivity contribution in [1.82, 2.24) is 4.98 Å². The number of aliphatic hydroxyl groups excluding tert-OH is 1. The third-order valence-corrected chi connectivity index (χ3v) is 3.78. The monoisotopic (exact) mass is 297 g/mol. The Bertz CT molecular complexity index is 520. The molecule has 0 atom stereocenters. The van der Waals surface area contributed by atoms with Gasteiger partial charge < -0.3 is 15.5 Å². The maximum Gasteiger partial charge on any atom is 0.339 e. The first kappa shape index (κ1) is 16.8. The van der Waals surface area contributed by atoms with Gasteiger partial charge in [-0.1, -0.05) is 13.8 Å². The SMILES string of the molecule is CCC(CC)(CO)CNc1ncc([N+](=O)[O-])cc1C(=O)O. The van der Waals surface area contributed by atoms with Gasteiger partial charge in [-0.25, -0.2) is 9.78 Å². The molecule has 0 aliphatic rings. The number of carboxylic acid groups (broad SMARTS) is 1. The van der Waals surface area contributed by atoms with Crippen LogP contribution in [0.3, 0.4) is 0 Å². The van der Waals surface area contributed by atoms with E-state index in [1.165, 1.54) is 0 Å². The van der Waals surface area contributed by atoms with Crippen LogP contribution in [0.25, 0.3) is 0 Å². The Labute approximate surface area is 122 Å². The van der Waals surface area contributed by atoms with Crippen LogP contribution < -0.4 is 5.32 Å². The molecule has 0 radical (unpaired) electrons. The fourth-order valence-electron chi connectivity index (χ4n) is 1.91. The summed E-state index contributed by atoms with van der Waals surface area (Å²) in [4.78, 5) is 25.0. The van der Waals surface area contributed by atoms with Gasteiger partial charge in [-0.2, -0.15) is 0 Å². The molecule has 0 unspecified atom stereocenters. The van der Waals surface area contributed by atoms with Crippen molar-refractivity contribution in [3.05, 3.63) is 27.9 Å². The van der Waals surface area contributed by atoms with E-state index in [-0.39, 0.29) is 29.1 Å². The van der Waals surface area contributed by atoms with Gasteiger partial charge in [0.2, 0.25) is 0 Å². The van der Waals surface area contributed by atoms with E-state index in [1.807, 2.05) is 13.8 Å². The Morgan fingerprint density at radius 2 is 2.10 bits per heavy atom. The lowest BCUT2D eigenvalue weighted by molar-refractivity contribution is -0.385. The van der Waals surface area contributed by atoms with Crippen molar-refractivity contribution < 1.29 is 19.9 Å². The summed E-state index contributed by atoms with van der Waals surface area (Å²) in [6.07, 6.45) is 2.43. The molecule has 21 heavy (non-hydrogen) atoms. The Hall–Kier alpha value is -2.22. The number of rotatable bonds is 8. The van der Waals surface area contributed by atoms with E-state index >= 15 is 0 Å². The maximum absolute atomic E-state index is 11.2. The number of hydrogen-bond donors (Lipinski definition) is 3. The molecular weight excluding hydrogens is 278 g/mol. The summed E-state index contributed by atoms with van der Waals surface area (Å²) in [6, 6.07) is 0.968. The third kappa shape index (κ3) is 3.88. The summed E-state index contributed by atoms with van der Waals surface area (Å²) >= 11 is 0. The topological polar surface area (TPSA) is 126 Å². The average Bonchev–Trinajstić information content (AvgIpc) is 2.49. The summed E-state index contributed by atoms with van der Waals surface area (Å²) in [5, 5.41) is 32.1. The number of aromatic nitrogens is 1. The van der Waals surface area contributed by atoms with Gasteiger partial charge in [-0.05, 0) is 12.8 Å². The van der Waals surface area contributed by atoms with Crippen LogP contribution >= 0.6 is 0 Å². The number of nitrogens with one attached hydrogen (secondary N) is 1. The highest BCUT2D eigenvalue weighted by molar-refractivity contribution is 5.93. The first-order chi connectivity index (χ1) is 9.89. The fourth-order valence-corrected chi connectivity index (χ4v) is 1.91. The van der Waals surface area contributed by atoms with Gasteiger partial charge in [-0.3, -0.25) is 10.1 Å². The minimum atomic E-state index is -1.30. The number of pyridine rings is 1. The highest BCUT2D eigenvalue weighted by atomic mass is 16.6. The highest BCUT2D eigenvalue weighted by Crippen LogP contribution is 2.27. The Morgan fingerprint density at radius 3 is 2.52 bits per heavy atom. The Kier molecular flexibility index (Phi) is 5.60. The van der Waals surface area contributed by atoms with Crippen LogP contribution in [0.1, 0.15) is 37.0 Å². The smallest absolute Gasteiger partial charge is 0.339 e. The summed E-state index contributed by atoms with van der Waals surface area (Å²) in [7, 11) is 0. The second-order valence-electron chi connectivity index (χ2n) is 4.87. The second kappa shape index (κ2) is 6.98. The summed E-state index contributed by atoms with van der Waals surface area (Å²) < 4.78 is 0. The molecule has 1 heterocycles. The van der Waals surface area contributed by atoms with Gasteiger partial charge in [0, 0.05) is 18.0 Å². The third-order valence-electron chi connectivity index (χ3n) is 3.78. The quantitative estimate of drug-likeness (QED) is 0.494. The minimum absolute atomic E-state index is 0.0393. The van der Waals surface area contributed by atoms with Crippen molar-refractivity contribution in [2.75, 3.05) is 18.5 Å². The van der Waals surface area contributed by atoms with Crippen molar-refractivity contribution in [2.24, 2.45) is 5.41 Å². The number of carbonyl (C=O) groups is 1. The molecule has 0 aliphatic heterocycles. The normalized spacial score (nSPS) is 11.2. The summed E-state index contributed by atoms with van der Waals surface area (Å²) in [6.45, 7) is 4.16. The lowest BCUT2D eigenvalue weighted by Crippen LogP contribution is -2.33. The highest BCUT2D eigenvalue weighted by Gasteiger charge is 2.26. The van der Waals surface area contributed by atoms with Gasteiger partial charge in [0.05, 0.1) is 11.5 Å². The van der Waals surface area contributed by atoms with Crippen LogP contribution in [0.4, 0.5) is 11.5 Å². The molecule has 8 heteroatoms. The van der Waals surface area contributed by atoms with E-state index < -0.39 is 10.9 Å². The van der Waals surface area contributed by atoms with Crippen molar-refractivity contribution in [2.45, 2.75) is 26.7 Å². The average molecular weight is 297 g/mol. The van der Waals surface area contributed by atoms with Gasteiger partial charge in [-0.15, -0.1) is 0 Å². The first-order valence-corrected chi connectivity index (χ1v) is 6.61. The number of aliphatic hydroxyl groups is 1. The van der Waals surface area contributed by atoms with E-state index in [2.05, 4.69) is 10.3 Å². The number of anilines is 1. The molecule has 0 amide bonds. The molecule has 0 fully saturated rings. The molecule has 3 N–H and O–H groups in total. The predicted molar refractivity (Wildman–Crippen MR) is 76.4 cm³/mol. The van der Waals surface area contributed by atoms with E-state index in [1.54, 1.807) is 0 Å². The van der Waals surface area contributed by atoms with E-state index in [0.717, 1.165) is 12.3 Å². The van der Waals surface area contributed by atoms with Crippen LogP contribution in [-0.2, 0) is 0 Å². The van der Waals surface area contributed by atoms with E-state index in [9.17, 15) is 20.0 Å². The molecule has 0 spiro atoms. The molecule has 0 saturated carbocycles. The summed E-state index contributed by atoms with van der Waals surface area (Å²) in [5.74, 6) is -1.23. The summed E-state index contributed by atoms with van der Waals surface area (Å²) in [5.41, 5.74) is -1.01. The Morgan fingerprint density at radius 1 is 1.48 bits per heavy atom. The minimum Gasteiger partial charge on any atom is -0.478 e. The molecule has 1 aromatic rings. The maximum atomic E-state index is 11.2. The molecule has 1 aromatic heterocycles. The fraction of sp³-hybridized carbons (Fsp3) is 0.538. The Balaban J connectivity index is 3.03. The van der Waals surface area contributed by atoms with Crippen LogP contribution in [0.5, 0.6) is 0 Å². The molecule has 0 saturated heterocycles. The number of nitrogens with zero attached hydrogens (tertiary/aromatic N) is 2. The standard InChI is InChI=1S/C13H19N3O5/c1-3-13(4-2,8-17)7-15-11-10(12(18)19)5-9(6-14-11)16(20)21/h5-6,17H,3-4,7-8H2,1-2H3,(H,14,15)(H,18,19). The van der Waals surface area contributed by atoms with Crippen LogP contribution in [-0.4, -0.2) is 39.2 Å². The number of hydrogen-bond acceptors (Lipinski definition) is 6. The zero-order valence-corrected chi connectivity index (χ0v) is 12.0. The molecule has 8 nitrogen and oxygen atoms in total. The molecule has 116 valence electrons. The number of aromatic carboxylic acids is 1. The zero-order valence-electron chi connectivity index (χ0n) is 12.0. The van der Waals surface area contributed by atoms with Crippen molar-refractivity contribution in [1.29, 1.82) is 0 Å². The van der Waals surface area contributed by atoms with Crippen LogP contribution in [0.15, 0.2) is 12.3 Å². The van der Waals surface area contributed by atoms with Gasteiger partial charge in [0.25, 0.3) is 5.69 Å². The van der Waals surface area contributed by atoms with Gasteiger partial charge >= 0.3 is 5.97 Å². The zero-order chi connectivity index (χ0) is 16.0. The van der Waals surface area contributed by atoms with Gasteiger partial charge in [0.1, 0.15) is 17.6 Å². The van der Waals surface area contributed by atoms with Crippen molar-refractivity contribution in [3.63, 3.8) is 0 Å². The molecule has 0 bridgehead atoms. The molecule has 1 rings (SSSR count). The largest absolute Gasteiger partial charge is 0.478 e. The lowest BCUT2D eigenvalue weighted by atomic mass is 9.83. The predicted octanol–water partition coefficient (Wildman–Crippen LogP) is 1.90. The van der Waals surface area contributed by atoms with E-state index in [4.69, 9.17) is 5.11 Å². The van der Waals surface area contributed by atoms with Crippen LogP contribution in [0, 0.1) is 15.5 Å². The van der Waals surface area contributed by atoms with Crippen LogP contribution in [0.2, 0.25) is 0 Å². The molecule has 0 aromatic carbocycles. The molecule has 0 aliphatic carbocycles. The molecular formula is C13H19N3O5. The first-order valence-electron chi connectivity index (χ1n) is 6.61. The van der Waals surface area contributed by atoms with E-state index in [0.29, 0.717) is 19.4 Å². The lowest BCUT2D eigenvalue weighted by Gasteiger charge is -2.29. The van der Waals surface area contributed by atoms with Gasteiger partial charge in [0.15, 0.2) is 0 Å². The number of nitro groups is 1. The number of carboxylic acids is 1. The van der Waals surface area contributed by atoms with Crippen molar-refractivity contribution >= 4 is 17.5 Å². The van der Waals surface area contributed by atoms with Crippen molar-refractivity contribution in [3.8, 4) is 0 Å².